The molecule has 0 fully saturated rings. The summed E-state index contributed by atoms with van der Waals surface area (Å²) in [6, 6.07) is 0. The van der Waals surface area contributed by atoms with Crippen LogP contribution in [-0.4, -0.2) is 41.6 Å². The summed E-state index contributed by atoms with van der Waals surface area (Å²) in [6.45, 7) is 6.66. The van der Waals surface area contributed by atoms with E-state index >= 15 is 0 Å². The van der Waals surface area contributed by atoms with Crippen molar-refractivity contribution in [2.45, 2.75) is 207 Å². The first-order chi connectivity index (χ1) is 23.0. The van der Waals surface area contributed by atoms with E-state index in [2.05, 4.69) is 38.2 Å². The van der Waals surface area contributed by atoms with E-state index in [1.165, 1.54) is 116 Å². The zero-order chi connectivity index (χ0) is 34.5. The number of carbonyl (C=O) groups is 2. The molecule has 6 heteroatoms. The van der Waals surface area contributed by atoms with Gasteiger partial charge >= 0.3 is 11.9 Å². The normalized spacial score (nSPS) is 12.0. The number of allylic oxidation sites excluding steroid dienone is 4. The predicted octanol–water partition coefficient (Wildman–Crippen LogP) is 12.2. The fraction of sp³-hybridized carbons (Fsp3) is 0.854. The zero-order valence-corrected chi connectivity index (χ0v) is 31.5. The smallest absolute Gasteiger partial charge is 0.372 e. The number of unbranched alkanes of at least 4 members (excludes halogenated alkanes) is 22. The van der Waals surface area contributed by atoms with Crippen LogP contribution in [-0.2, 0) is 19.3 Å². The van der Waals surface area contributed by atoms with Crippen LogP contribution in [0.15, 0.2) is 24.3 Å². The molecule has 276 valence electrons. The maximum atomic E-state index is 12.7. The summed E-state index contributed by atoms with van der Waals surface area (Å²) in [6.07, 6.45) is 41.9. The maximum Gasteiger partial charge on any atom is 0.372 e. The zero-order valence-electron chi connectivity index (χ0n) is 31.5. The van der Waals surface area contributed by atoms with Gasteiger partial charge in [-0.3, -0.25) is 0 Å². The minimum absolute atomic E-state index is 0.0596. The molecule has 0 saturated carbocycles. The van der Waals surface area contributed by atoms with E-state index in [0.717, 1.165) is 51.4 Å². The Morgan fingerprint density at radius 1 is 0.447 bits per heavy atom. The van der Waals surface area contributed by atoms with E-state index in [4.69, 9.17) is 9.68 Å². The highest BCUT2D eigenvalue weighted by Gasteiger charge is 2.37. The topological polar surface area (TPSA) is 72.8 Å². The van der Waals surface area contributed by atoms with Crippen LogP contribution >= 0.6 is 0 Å². The molecular formula is C41H78NO5+. The second-order valence-electron chi connectivity index (χ2n) is 13.6. The molecule has 0 aliphatic heterocycles. The van der Waals surface area contributed by atoms with Crippen molar-refractivity contribution in [2.75, 3.05) is 19.7 Å². The Labute approximate surface area is 291 Å². The molecule has 0 bridgehead atoms. The average Bonchev–Trinajstić information content (AvgIpc) is 3.05. The first-order valence-electron chi connectivity index (χ1n) is 20.3. The number of rotatable bonds is 36. The molecule has 0 aliphatic rings. The average molecular weight is 665 g/mol. The summed E-state index contributed by atoms with van der Waals surface area (Å²) in [4.78, 5) is 36.3. The lowest BCUT2D eigenvalue weighted by atomic mass is 10.1. The van der Waals surface area contributed by atoms with Crippen molar-refractivity contribution < 1.29 is 29.2 Å². The highest BCUT2D eigenvalue weighted by Crippen LogP contribution is 2.18. The van der Waals surface area contributed by atoms with Gasteiger partial charge in [-0.15, -0.1) is 0 Å². The van der Waals surface area contributed by atoms with E-state index in [9.17, 15) is 14.7 Å². The van der Waals surface area contributed by atoms with Crippen LogP contribution in [0.3, 0.4) is 0 Å². The number of quaternary nitrogens is 1. The van der Waals surface area contributed by atoms with Crippen LogP contribution in [0.2, 0.25) is 0 Å². The van der Waals surface area contributed by atoms with Crippen LogP contribution in [0.1, 0.15) is 207 Å². The van der Waals surface area contributed by atoms with E-state index in [0.29, 0.717) is 25.8 Å². The lowest BCUT2D eigenvalue weighted by Crippen LogP contribution is -2.52. The number of nitrogens with zero attached hydrogens (tertiary/aromatic N) is 1. The number of hydrogen-bond acceptors (Lipinski definition) is 5. The van der Waals surface area contributed by atoms with Crippen LogP contribution in [0, 0.1) is 0 Å². The van der Waals surface area contributed by atoms with Crippen molar-refractivity contribution in [1.82, 2.24) is 0 Å². The number of hydrogen-bond donors (Lipinski definition) is 1. The minimum atomic E-state index is -0.555. The maximum absolute atomic E-state index is 12.7. The van der Waals surface area contributed by atoms with Gasteiger partial charge in [0, 0.05) is 11.2 Å². The van der Waals surface area contributed by atoms with Crippen molar-refractivity contribution in [2.24, 2.45) is 0 Å². The van der Waals surface area contributed by atoms with Crippen molar-refractivity contribution in [1.29, 1.82) is 0 Å². The van der Waals surface area contributed by atoms with Gasteiger partial charge in [0.1, 0.15) is 6.61 Å². The molecule has 0 amide bonds. The molecule has 0 unspecified atom stereocenters. The molecule has 0 radical (unpaired) electrons. The second kappa shape index (κ2) is 35.6. The molecule has 0 aliphatic carbocycles. The molecule has 0 aromatic rings. The third kappa shape index (κ3) is 31.4. The van der Waals surface area contributed by atoms with Gasteiger partial charge in [0.25, 0.3) is 0 Å². The first-order valence-corrected chi connectivity index (χ1v) is 20.3. The van der Waals surface area contributed by atoms with E-state index in [1.54, 1.807) is 0 Å². The fourth-order valence-corrected chi connectivity index (χ4v) is 5.95. The Bertz CT molecular complexity index is 688. The number of aliphatic hydroxyl groups excluding tert-OH is 1. The van der Waals surface area contributed by atoms with E-state index in [1.807, 2.05) is 6.92 Å². The predicted molar refractivity (Wildman–Crippen MR) is 198 cm³/mol. The quantitative estimate of drug-likeness (QED) is 0.0312. The Morgan fingerprint density at radius 2 is 0.766 bits per heavy atom. The first kappa shape index (κ1) is 45.3. The van der Waals surface area contributed by atoms with Crippen molar-refractivity contribution >= 4 is 11.9 Å². The molecule has 0 aromatic heterocycles. The fourth-order valence-electron chi connectivity index (χ4n) is 5.95. The molecule has 0 atom stereocenters. The largest absolute Gasteiger partial charge is 0.390 e. The third-order valence-corrected chi connectivity index (χ3v) is 8.83. The molecule has 47 heavy (non-hydrogen) atoms. The summed E-state index contributed by atoms with van der Waals surface area (Å²) in [5.74, 6) is -0.725. The van der Waals surface area contributed by atoms with E-state index in [-0.39, 0.29) is 25.1 Å². The number of carbonyl (C=O) groups excluding carboxylic acids is 2. The Morgan fingerprint density at radius 3 is 1.09 bits per heavy atom. The van der Waals surface area contributed by atoms with Gasteiger partial charge in [0.05, 0.1) is 12.8 Å². The molecule has 0 saturated heterocycles. The van der Waals surface area contributed by atoms with Gasteiger partial charge in [0.15, 0.2) is 13.1 Å². The Balaban J connectivity index is 4.07. The minimum Gasteiger partial charge on any atom is -0.390 e. The van der Waals surface area contributed by atoms with Crippen molar-refractivity contribution in [3.8, 4) is 0 Å². The van der Waals surface area contributed by atoms with Crippen LogP contribution in [0.5, 0.6) is 0 Å². The van der Waals surface area contributed by atoms with Crippen LogP contribution < -0.4 is 0 Å². The summed E-state index contributed by atoms with van der Waals surface area (Å²) in [5, 5.41) is 9.68. The van der Waals surface area contributed by atoms with Gasteiger partial charge in [-0.05, 0) is 64.2 Å². The molecular weight excluding hydrogens is 586 g/mol. The Hall–Kier alpha value is -1.66. The van der Waals surface area contributed by atoms with Gasteiger partial charge in [-0.1, -0.05) is 148 Å². The van der Waals surface area contributed by atoms with Crippen LogP contribution in [0.4, 0.5) is 0 Å². The standard InChI is InChI=1S/C41H78NO5/c1-4-7-9-11-13-15-17-19-21-23-25-27-29-31-33-35-40(44)46-42(37-6-3,38-39-43)47-41(45)36-34-32-30-28-26-24-22-20-18-16-14-12-10-8-5-2/h19-22,43H,4-18,23-39H2,1-3H3/q+1/b21-19-,22-20-. The summed E-state index contributed by atoms with van der Waals surface area (Å²) in [7, 11) is 0. The van der Waals surface area contributed by atoms with Gasteiger partial charge in [-0.25, -0.2) is 19.3 Å². The molecule has 6 nitrogen and oxygen atoms in total. The monoisotopic (exact) mass is 665 g/mol. The highest BCUT2D eigenvalue weighted by molar-refractivity contribution is 5.69. The van der Waals surface area contributed by atoms with Crippen LogP contribution in [0.25, 0.3) is 0 Å². The summed E-state index contributed by atoms with van der Waals surface area (Å²) < 4.78 is 0. The lowest BCUT2D eigenvalue weighted by Gasteiger charge is -2.30. The molecule has 1 N–H and O–H groups in total. The molecule has 0 aromatic carbocycles. The Kier molecular flexibility index (Phi) is 34.4. The van der Waals surface area contributed by atoms with Gasteiger partial charge in [-0.2, -0.15) is 0 Å². The highest BCUT2D eigenvalue weighted by atomic mass is 17.0. The molecule has 0 heterocycles. The SMILES string of the molecule is CCCCCCCC/C=C\CCCCCCCC(=O)O[N+](CCC)(CCO)OC(=O)CCCCCCC/C=C\CCCCCCCC. The van der Waals surface area contributed by atoms with Gasteiger partial charge < -0.3 is 5.11 Å². The summed E-state index contributed by atoms with van der Waals surface area (Å²) >= 11 is 0. The second-order valence-corrected chi connectivity index (χ2v) is 13.6. The third-order valence-electron chi connectivity index (χ3n) is 8.83. The lowest BCUT2D eigenvalue weighted by molar-refractivity contribution is -1.22. The van der Waals surface area contributed by atoms with Crippen molar-refractivity contribution in [3.05, 3.63) is 24.3 Å². The van der Waals surface area contributed by atoms with E-state index < -0.39 is 4.81 Å². The number of aliphatic hydroxyl groups is 1. The van der Waals surface area contributed by atoms with Crippen molar-refractivity contribution in [3.63, 3.8) is 0 Å². The molecule has 0 rings (SSSR count). The summed E-state index contributed by atoms with van der Waals surface area (Å²) in [5.41, 5.74) is 0. The number of hydroxylamine groups is 4. The van der Waals surface area contributed by atoms with Gasteiger partial charge in [0.2, 0.25) is 0 Å². The molecule has 0 spiro atoms.